The molecule has 4 aromatic heterocycles. The number of benzene rings is 8. The Hall–Kier alpha value is -8.20. The van der Waals surface area contributed by atoms with E-state index in [1.165, 1.54) is 15.5 Å². The molecule has 62 heavy (non-hydrogen) atoms. The lowest BCUT2D eigenvalue weighted by molar-refractivity contribution is 0.669. The van der Waals surface area contributed by atoms with Gasteiger partial charge in [0.05, 0.1) is 5.56 Å². The molecule has 0 unspecified atom stereocenters. The Labute approximate surface area is 359 Å². The van der Waals surface area contributed by atoms with Crippen LogP contribution >= 0.6 is 11.3 Å². The molecule has 12 aromatic rings. The molecule has 0 fully saturated rings. The van der Waals surface area contributed by atoms with E-state index in [1.54, 1.807) is 11.3 Å². The monoisotopic (exact) mass is 812 g/mol. The van der Waals surface area contributed by atoms with Gasteiger partial charge in [0.1, 0.15) is 11.2 Å². The van der Waals surface area contributed by atoms with Gasteiger partial charge >= 0.3 is 0 Å². The third-order valence-electron chi connectivity index (χ3n) is 11.2. The fourth-order valence-electron chi connectivity index (χ4n) is 8.16. The van der Waals surface area contributed by atoms with Gasteiger partial charge in [-0.1, -0.05) is 170 Å². The number of rotatable bonds is 7. The fourth-order valence-corrected chi connectivity index (χ4v) is 9.41. The molecule has 0 bridgehead atoms. The highest BCUT2D eigenvalue weighted by molar-refractivity contribution is 7.26. The van der Waals surface area contributed by atoms with E-state index in [9.17, 15) is 0 Å². The second-order valence-electron chi connectivity index (χ2n) is 15.1. The lowest BCUT2D eigenvalue weighted by Crippen LogP contribution is -2.00. The van der Waals surface area contributed by atoms with Crippen molar-refractivity contribution in [2.24, 2.45) is 0 Å². The molecule has 0 N–H and O–H groups in total. The lowest BCUT2D eigenvalue weighted by Gasteiger charge is -2.09. The number of para-hydroxylation sites is 2. The fraction of sp³-hybridized carbons (Fsp3) is 0. The first kappa shape index (κ1) is 35.7. The molecule has 0 amide bonds. The highest BCUT2D eigenvalue weighted by atomic mass is 32.1. The average molecular weight is 813 g/mol. The summed E-state index contributed by atoms with van der Waals surface area (Å²) in [6, 6.07) is 66.0. The second-order valence-corrected chi connectivity index (χ2v) is 16.1. The van der Waals surface area contributed by atoms with E-state index < -0.39 is 0 Å². The average Bonchev–Trinajstić information content (AvgIpc) is 3.93. The summed E-state index contributed by atoms with van der Waals surface area (Å²) in [5.41, 5.74) is 9.29. The largest absolute Gasteiger partial charge is 0.455 e. The van der Waals surface area contributed by atoms with Crippen LogP contribution in [-0.2, 0) is 0 Å². The summed E-state index contributed by atoms with van der Waals surface area (Å²) in [7, 11) is 0. The van der Waals surface area contributed by atoms with Crippen molar-refractivity contribution in [3.05, 3.63) is 194 Å². The van der Waals surface area contributed by atoms with Crippen LogP contribution in [0.5, 0.6) is 0 Å². The lowest BCUT2D eigenvalue weighted by atomic mass is 10.0. The van der Waals surface area contributed by atoms with Crippen LogP contribution in [0.1, 0.15) is 0 Å². The molecule has 8 aromatic carbocycles. The molecule has 0 aliphatic carbocycles. The quantitative estimate of drug-likeness (QED) is 0.158. The van der Waals surface area contributed by atoms with Crippen LogP contribution in [0.3, 0.4) is 0 Å². The van der Waals surface area contributed by atoms with Crippen LogP contribution in [0.4, 0.5) is 0 Å². The molecule has 0 saturated carbocycles. The Morgan fingerprint density at radius 2 is 0.758 bits per heavy atom. The zero-order valence-corrected chi connectivity index (χ0v) is 33.8. The molecule has 0 spiro atoms. The van der Waals surface area contributed by atoms with Gasteiger partial charge in [-0.05, 0) is 35.4 Å². The van der Waals surface area contributed by atoms with Gasteiger partial charge in [0.2, 0.25) is 0 Å². The number of furan rings is 1. The third-order valence-corrected chi connectivity index (χ3v) is 12.4. The van der Waals surface area contributed by atoms with E-state index >= 15 is 0 Å². The smallest absolute Gasteiger partial charge is 0.167 e. The number of nitrogens with zero attached hydrogens (tertiary/aromatic N) is 6. The maximum Gasteiger partial charge on any atom is 0.167 e. The van der Waals surface area contributed by atoms with Gasteiger partial charge in [0, 0.05) is 58.8 Å². The summed E-state index contributed by atoms with van der Waals surface area (Å²) >= 11 is 1.76. The molecular weight excluding hydrogens is 781 g/mol. The summed E-state index contributed by atoms with van der Waals surface area (Å²) in [6.07, 6.45) is 0. The van der Waals surface area contributed by atoms with Crippen molar-refractivity contribution >= 4 is 53.4 Å². The van der Waals surface area contributed by atoms with Gasteiger partial charge in [-0.2, -0.15) is 0 Å². The van der Waals surface area contributed by atoms with E-state index in [-0.39, 0.29) is 0 Å². The van der Waals surface area contributed by atoms with Gasteiger partial charge in [-0.15, -0.1) is 11.3 Å². The summed E-state index contributed by atoms with van der Waals surface area (Å²) in [6.45, 7) is 0. The zero-order chi connectivity index (χ0) is 41.0. The maximum atomic E-state index is 6.41. The summed E-state index contributed by atoms with van der Waals surface area (Å²) < 4.78 is 8.73. The molecule has 4 heterocycles. The first-order valence-corrected chi connectivity index (χ1v) is 21.2. The second kappa shape index (κ2) is 14.8. The van der Waals surface area contributed by atoms with Crippen molar-refractivity contribution in [3.63, 3.8) is 0 Å². The van der Waals surface area contributed by atoms with Crippen molar-refractivity contribution < 1.29 is 4.42 Å². The van der Waals surface area contributed by atoms with Gasteiger partial charge < -0.3 is 4.42 Å². The molecular formula is C54H32N6OS. The van der Waals surface area contributed by atoms with Crippen LogP contribution in [0.2, 0.25) is 0 Å². The number of aromatic nitrogens is 6. The maximum absolute atomic E-state index is 6.41. The standard InChI is InChI=1S/C54H32N6OS/c1-4-14-34(15-5-1)49-56-52(58-53(57-49)43-23-12-21-41-39-20-10-11-25-45(39)61-47(41)43)37-28-26-33(27-29-37)38-30-31-40-42-22-13-24-44(48(42)62-46(40)32-38)54-59-50(35-16-6-2-7-17-35)55-51(60-54)36-18-8-3-9-19-36/h1-32H. The minimum atomic E-state index is 0.557. The number of thiophene rings is 1. The molecule has 0 aliphatic rings. The predicted molar refractivity (Wildman–Crippen MR) is 251 cm³/mol. The van der Waals surface area contributed by atoms with Gasteiger partial charge in [0.25, 0.3) is 0 Å². The molecule has 7 nitrogen and oxygen atoms in total. The third kappa shape index (κ3) is 6.29. The Bertz CT molecular complexity index is 3570. The number of hydrogen-bond donors (Lipinski definition) is 0. The van der Waals surface area contributed by atoms with E-state index in [1.807, 2.05) is 121 Å². The first-order valence-electron chi connectivity index (χ1n) is 20.4. The van der Waals surface area contributed by atoms with E-state index in [2.05, 4.69) is 72.8 Å². The molecule has 0 radical (unpaired) electrons. The summed E-state index contributed by atoms with van der Waals surface area (Å²) in [4.78, 5) is 30.1. The molecule has 8 heteroatoms. The van der Waals surface area contributed by atoms with E-state index in [0.29, 0.717) is 34.9 Å². The van der Waals surface area contributed by atoms with Crippen molar-refractivity contribution in [1.82, 2.24) is 29.9 Å². The molecule has 0 aliphatic heterocycles. The van der Waals surface area contributed by atoms with Crippen LogP contribution < -0.4 is 0 Å². The highest BCUT2D eigenvalue weighted by Crippen LogP contribution is 2.42. The SMILES string of the molecule is c1ccc(-c2nc(-c3ccc(-c4ccc5c(c4)sc4c(-c6nc(-c7ccccc7)nc(-c7ccccc7)n6)cccc45)cc3)nc(-c3cccc4c3oc3ccccc34)n2)cc1. The normalized spacial score (nSPS) is 11.5. The first-order chi connectivity index (χ1) is 30.7. The van der Waals surface area contributed by atoms with Crippen molar-refractivity contribution in [2.45, 2.75) is 0 Å². The Morgan fingerprint density at radius 3 is 1.37 bits per heavy atom. The minimum absolute atomic E-state index is 0.557. The number of fused-ring (bicyclic) bond motifs is 6. The van der Waals surface area contributed by atoms with Crippen LogP contribution in [0.15, 0.2) is 199 Å². The van der Waals surface area contributed by atoms with Crippen molar-refractivity contribution in [3.8, 4) is 79.5 Å². The van der Waals surface area contributed by atoms with E-state index in [0.717, 1.165) is 71.1 Å². The van der Waals surface area contributed by atoms with E-state index in [4.69, 9.17) is 34.3 Å². The molecule has 0 atom stereocenters. The molecule has 0 saturated heterocycles. The predicted octanol–water partition coefficient (Wildman–Crippen LogP) is 14.0. The summed E-state index contributed by atoms with van der Waals surface area (Å²) in [5, 5.41) is 4.45. The van der Waals surface area contributed by atoms with Crippen molar-refractivity contribution in [1.29, 1.82) is 0 Å². The summed E-state index contributed by atoms with van der Waals surface area (Å²) in [5.74, 6) is 3.68. The van der Waals surface area contributed by atoms with Gasteiger partial charge in [0.15, 0.2) is 34.9 Å². The van der Waals surface area contributed by atoms with Crippen molar-refractivity contribution in [2.75, 3.05) is 0 Å². The van der Waals surface area contributed by atoms with Crippen LogP contribution in [-0.4, -0.2) is 29.9 Å². The Morgan fingerprint density at radius 1 is 0.306 bits per heavy atom. The Balaban J connectivity index is 0.926. The van der Waals surface area contributed by atoms with Gasteiger partial charge in [-0.25, -0.2) is 29.9 Å². The minimum Gasteiger partial charge on any atom is -0.455 e. The van der Waals surface area contributed by atoms with Crippen LogP contribution in [0, 0.1) is 0 Å². The Kier molecular flexibility index (Phi) is 8.53. The topological polar surface area (TPSA) is 90.5 Å². The van der Waals surface area contributed by atoms with Crippen LogP contribution in [0.25, 0.3) is 122 Å². The highest BCUT2D eigenvalue weighted by Gasteiger charge is 2.19. The number of hydrogen-bond acceptors (Lipinski definition) is 8. The van der Waals surface area contributed by atoms with Gasteiger partial charge in [-0.3, -0.25) is 0 Å². The molecule has 12 rings (SSSR count). The molecule has 290 valence electrons. The zero-order valence-electron chi connectivity index (χ0n) is 33.0.